The molecule has 1 fully saturated rings. The summed E-state index contributed by atoms with van der Waals surface area (Å²) in [6.45, 7) is -0.508. The van der Waals surface area contributed by atoms with Crippen LogP contribution in [0.3, 0.4) is 0 Å². The molecule has 8 nitrogen and oxygen atoms in total. The van der Waals surface area contributed by atoms with Gasteiger partial charge < -0.3 is 30.2 Å². The van der Waals surface area contributed by atoms with Gasteiger partial charge >= 0.3 is 7.82 Å². The maximum absolute atomic E-state index is 10.4. The monoisotopic (exact) mass is 258 g/mol. The molecular formula is C7H15O8P. The molecule has 5 atom stereocenters. The molecule has 0 aliphatic heterocycles. The molecule has 0 spiro atoms. The number of hydrogen-bond donors (Lipinski definition) is 6. The van der Waals surface area contributed by atoms with Crippen LogP contribution < -0.4 is 0 Å². The SMILES string of the molecule is O=P(O)(O)OC[C@H]1C[C@H](O)[C@@H](O)[C@@H](O)[C@@H]1O. The van der Waals surface area contributed by atoms with Gasteiger partial charge in [-0.25, -0.2) is 4.57 Å². The largest absolute Gasteiger partial charge is 0.469 e. The van der Waals surface area contributed by atoms with Gasteiger partial charge in [0.25, 0.3) is 0 Å². The van der Waals surface area contributed by atoms with Gasteiger partial charge in [0.2, 0.25) is 0 Å². The Morgan fingerprint density at radius 3 is 2.12 bits per heavy atom. The second-order valence-corrected chi connectivity index (χ2v) is 5.06. The fourth-order valence-electron chi connectivity index (χ4n) is 1.66. The van der Waals surface area contributed by atoms with Crippen LogP contribution in [0.25, 0.3) is 0 Å². The molecule has 0 aromatic heterocycles. The molecule has 96 valence electrons. The molecule has 0 amide bonds. The lowest BCUT2D eigenvalue weighted by Crippen LogP contribution is -2.54. The third-order valence-corrected chi connectivity index (χ3v) is 3.06. The van der Waals surface area contributed by atoms with E-state index in [2.05, 4.69) is 4.52 Å². The average molecular weight is 258 g/mol. The van der Waals surface area contributed by atoms with Gasteiger partial charge in [0.15, 0.2) is 0 Å². The molecule has 16 heavy (non-hydrogen) atoms. The van der Waals surface area contributed by atoms with Crippen molar-refractivity contribution in [3.8, 4) is 0 Å². The van der Waals surface area contributed by atoms with E-state index in [4.69, 9.17) is 9.79 Å². The van der Waals surface area contributed by atoms with E-state index in [1.807, 2.05) is 0 Å². The highest BCUT2D eigenvalue weighted by Crippen LogP contribution is 2.38. The number of phosphoric ester groups is 1. The molecule has 0 bridgehead atoms. The molecule has 0 heterocycles. The zero-order valence-corrected chi connectivity index (χ0v) is 9.14. The predicted molar refractivity (Wildman–Crippen MR) is 50.1 cm³/mol. The summed E-state index contributed by atoms with van der Waals surface area (Å²) in [5.41, 5.74) is 0. The van der Waals surface area contributed by atoms with Crippen LogP contribution in [0.5, 0.6) is 0 Å². The maximum Gasteiger partial charge on any atom is 0.469 e. The van der Waals surface area contributed by atoms with Crippen LogP contribution in [0.2, 0.25) is 0 Å². The van der Waals surface area contributed by atoms with Gasteiger partial charge in [-0.05, 0) is 6.42 Å². The van der Waals surface area contributed by atoms with Crippen LogP contribution in [0, 0.1) is 5.92 Å². The molecule has 1 aliphatic carbocycles. The van der Waals surface area contributed by atoms with E-state index in [9.17, 15) is 25.0 Å². The van der Waals surface area contributed by atoms with E-state index in [-0.39, 0.29) is 6.42 Å². The molecule has 1 rings (SSSR count). The van der Waals surface area contributed by atoms with Crippen molar-refractivity contribution >= 4 is 7.82 Å². The minimum atomic E-state index is -4.65. The van der Waals surface area contributed by atoms with Crippen molar-refractivity contribution in [2.45, 2.75) is 30.8 Å². The van der Waals surface area contributed by atoms with Crippen LogP contribution >= 0.6 is 7.82 Å². The average Bonchev–Trinajstić information content (AvgIpc) is 2.17. The topological polar surface area (TPSA) is 148 Å². The van der Waals surface area contributed by atoms with E-state index in [1.54, 1.807) is 0 Å². The predicted octanol–water partition coefficient (Wildman–Crippen LogP) is -2.44. The normalized spacial score (nSPS) is 41.0. The Bertz CT molecular complexity index is 278. The van der Waals surface area contributed by atoms with Crippen LogP contribution in [-0.4, -0.2) is 61.2 Å². The molecule has 0 aromatic carbocycles. The van der Waals surface area contributed by atoms with Gasteiger partial charge in [-0.2, -0.15) is 0 Å². The molecule has 0 saturated heterocycles. The Hall–Kier alpha value is -0.0500. The van der Waals surface area contributed by atoms with Crippen LogP contribution in [-0.2, 0) is 9.09 Å². The standard InChI is InChI=1S/C7H15O8P/c8-4-1-3(2-15-16(12,13)14)5(9)7(11)6(4)10/h3-11H,1-2H2,(H2,12,13,14)/t3-,4+,5-,6-,7+/m1/s1. The third-order valence-electron chi connectivity index (χ3n) is 2.58. The highest BCUT2D eigenvalue weighted by Gasteiger charge is 2.42. The summed E-state index contributed by atoms with van der Waals surface area (Å²) in [7, 11) is -4.65. The minimum absolute atomic E-state index is 0.112. The van der Waals surface area contributed by atoms with Gasteiger partial charge in [0.05, 0.1) is 18.8 Å². The number of rotatable bonds is 3. The minimum Gasteiger partial charge on any atom is -0.390 e. The number of aliphatic hydroxyl groups is 4. The van der Waals surface area contributed by atoms with E-state index >= 15 is 0 Å². The molecule has 0 radical (unpaired) electrons. The second kappa shape index (κ2) is 5.07. The van der Waals surface area contributed by atoms with Crippen molar-refractivity contribution < 1.29 is 39.3 Å². The molecule has 1 saturated carbocycles. The molecule has 0 aromatic rings. The van der Waals surface area contributed by atoms with Gasteiger partial charge in [0.1, 0.15) is 12.2 Å². The third kappa shape index (κ3) is 3.47. The summed E-state index contributed by atoms with van der Waals surface area (Å²) >= 11 is 0. The van der Waals surface area contributed by atoms with E-state index in [0.717, 1.165) is 0 Å². The summed E-state index contributed by atoms with van der Waals surface area (Å²) in [5, 5.41) is 37.3. The maximum atomic E-state index is 10.4. The number of phosphoric acid groups is 1. The zero-order valence-electron chi connectivity index (χ0n) is 8.25. The molecule has 0 unspecified atom stereocenters. The first-order valence-corrected chi connectivity index (χ1v) is 6.17. The van der Waals surface area contributed by atoms with Crippen molar-refractivity contribution in [1.82, 2.24) is 0 Å². The van der Waals surface area contributed by atoms with Crippen LogP contribution in [0.4, 0.5) is 0 Å². The van der Waals surface area contributed by atoms with E-state index in [1.165, 1.54) is 0 Å². The van der Waals surface area contributed by atoms with Crippen molar-refractivity contribution in [1.29, 1.82) is 0 Å². The van der Waals surface area contributed by atoms with Crippen molar-refractivity contribution in [3.63, 3.8) is 0 Å². The Morgan fingerprint density at radius 1 is 1.06 bits per heavy atom. The highest BCUT2D eigenvalue weighted by atomic mass is 31.2. The van der Waals surface area contributed by atoms with Gasteiger partial charge in [-0.3, -0.25) is 4.52 Å². The summed E-state index contributed by atoms with van der Waals surface area (Å²) < 4.78 is 14.6. The zero-order chi connectivity index (χ0) is 12.5. The Morgan fingerprint density at radius 2 is 1.62 bits per heavy atom. The van der Waals surface area contributed by atoms with E-state index in [0.29, 0.717) is 0 Å². The first-order valence-electron chi connectivity index (χ1n) is 4.64. The quantitative estimate of drug-likeness (QED) is 0.306. The van der Waals surface area contributed by atoms with Crippen molar-refractivity contribution in [3.05, 3.63) is 0 Å². The highest BCUT2D eigenvalue weighted by molar-refractivity contribution is 7.46. The first-order chi connectivity index (χ1) is 7.22. The Kier molecular flexibility index (Phi) is 4.44. The summed E-state index contributed by atoms with van der Waals surface area (Å²) in [5.74, 6) is -0.846. The van der Waals surface area contributed by atoms with Gasteiger partial charge in [-0.15, -0.1) is 0 Å². The van der Waals surface area contributed by atoms with Gasteiger partial charge in [-0.1, -0.05) is 0 Å². The molecular weight excluding hydrogens is 243 g/mol. The molecule has 1 aliphatic rings. The second-order valence-electron chi connectivity index (χ2n) is 3.82. The van der Waals surface area contributed by atoms with Crippen molar-refractivity contribution in [2.24, 2.45) is 5.92 Å². The molecule has 6 N–H and O–H groups in total. The smallest absolute Gasteiger partial charge is 0.390 e. The van der Waals surface area contributed by atoms with Crippen molar-refractivity contribution in [2.75, 3.05) is 6.61 Å². The summed E-state index contributed by atoms with van der Waals surface area (Å²) in [4.78, 5) is 16.9. The first kappa shape index (κ1) is 14.0. The summed E-state index contributed by atoms with van der Waals surface area (Å²) in [6, 6.07) is 0. The number of aliphatic hydroxyl groups excluding tert-OH is 4. The fourth-order valence-corrected chi connectivity index (χ4v) is 2.04. The van der Waals surface area contributed by atoms with Crippen LogP contribution in [0.15, 0.2) is 0 Å². The fraction of sp³-hybridized carbons (Fsp3) is 1.00. The number of hydrogen-bond acceptors (Lipinski definition) is 6. The Balaban J connectivity index is 2.57. The Labute approximate surface area is 91.4 Å². The lowest BCUT2D eigenvalue weighted by atomic mass is 9.81. The lowest BCUT2D eigenvalue weighted by molar-refractivity contribution is -0.162. The van der Waals surface area contributed by atoms with E-state index < -0.39 is 44.8 Å². The van der Waals surface area contributed by atoms with Crippen LogP contribution in [0.1, 0.15) is 6.42 Å². The summed E-state index contributed by atoms with van der Waals surface area (Å²) in [6.07, 6.45) is -5.80. The van der Waals surface area contributed by atoms with Gasteiger partial charge in [0, 0.05) is 5.92 Å². The lowest BCUT2D eigenvalue weighted by Gasteiger charge is -2.38. The molecule has 9 heteroatoms.